The quantitative estimate of drug-likeness (QED) is 0.884. The van der Waals surface area contributed by atoms with Gasteiger partial charge in [-0.3, -0.25) is 9.69 Å². The van der Waals surface area contributed by atoms with E-state index in [-0.39, 0.29) is 23.3 Å². The first kappa shape index (κ1) is 16.5. The molecule has 6 heteroatoms. The summed E-state index contributed by atoms with van der Waals surface area (Å²) in [6, 6.07) is 7.73. The molecule has 0 radical (unpaired) electrons. The maximum absolute atomic E-state index is 12.3. The fourth-order valence-electron chi connectivity index (χ4n) is 3.38. The molecule has 0 aliphatic carbocycles. The van der Waals surface area contributed by atoms with Crippen LogP contribution in [0.15, 0.2) is 24.3 Å². The minimum Gasteiger partial charge on any atom is -0.352 e. The van der Waals surface area contributed by atoms with Crippen LogP contribution in [-0.4, -0.2) is 50.4 Å². The van der Waals surface area contributed by atoms with Crippen LogP contribution in [0.25, 0.3) is 0 Å². The SMILES string of the molecule is O=C(NC[C@H]1CCS(=O)(=O)C1)c1cccc(CN2CCCC2)c1. The Morgan fingerprint density at radius 1 is 1.26 bits per heavy atom. The van der Waals surface area contributed by atoms with Gasteiger partial charge in [0.25, 0.3) is 5.91 Å². The number of hydrogen-bond acceptors (Lipinski definition) is 4. The van der Waals surface area contributed by atoms with E-state index in [0.717, 1.165) is 25.2 Å². The van der Waals surface area contributed by atoms with Gasteiger partial charge in [0.2, 0.25) is 0 Å². The number of sulfone groups is 1. The fraction of sp³-hybridized carbons (Fsp3) is 0.588. The van der Waals surface area contributed by atoms with Gasteiger partial charge in [-0.1, -0.05) is 12.1 Å². The third-order valence-corrected chi connectivity index (χ3v) is 6.51. The van der Waals surface area contributed by atoms with Gasteiger partial charge >= 0.3 is 0 Å². The smallest absolute Gasteiger partial charge is 0.251 e. The molecule has 126 valence electrons. The second-order valence-electron chi connectivity index (χ2n) is 6.66. The molecule has 0 aromatic heterocycles. The Morgan fingerprint density at radius 2 is 2.04 bits per heavy atom. The molecule has 2 aliphatic rings. The van der Waals surface area contributed by atoms with E-state index in [0.29, 0.717) is 18.5 Å². The lowest BCUT2D eigenvalue weighted by Gasteiger charge is -2.15. The number of hydrogen-bond donors (Lipinski definition) is 1. The number of nitrogens with zero attached hydrogens (tertiary/aromatic N) is 1. The van der Waals surface area contributed by atoms with E-state index in [2.05, 4.69) is 16.3 Å². The van der Waals surface area contributed by atoms with Crippen molar-refractivity contribution in [1.29, 1.82) is 0 Å². The molecule has 2 aliphatic heterocycles. The predicted molar refractivity (Wildman–Crippen MR) is 90.0 cm³/mol. The molecule has 1 aromatic carbocycles. The molecule has 1 N–H and O–H groups in total. The lowest BCUT2D eigenvalue weighted by atomic mass is 10.1. The molecule has 0 bridgehead atoms. The minimum atomic E-state index is -2.88. The van der Waals surface area contributed by atoms with Crippen LogP contribution in [0.1, 0.15) is 35.2 Å². The maximum atomic E-state index is 12.3. The molecule has 1 aromatic rings. The Hall–Kier alpha value is -1.40. The maximum Gasteiger partial charge on any atom is 0.251 e. The first-order valence-electron chi connectivity index (χ1n) is 8.32. The minimum absolute atomic E-state index is 0.0525. The van der Waals surface area contributed by atoms with Gasteiger partial charge in [0.15, 0.2) is 9.84 Å². The molecular weight excluding hydrogens is 312 g/mol. The molecule has 23 heavy (non-hydrogen) atoms. The van der Waals surface area contributed by atoms with E-state index >= 15 is 0 Å². The van der Waals surface area contributed by atoms with Gasteiger partial charge in [-0.15, -0.1) is 0 Å². The summed E-state index contributed by atoms with van der Waals surface area (Å²) < 4.78 is 22.9. The van der Waals surface area contributed by atoms with Gasteiger partial charge in [0, 0.05) is 18.7 Å². The summed E-state index contributed by atoms with van der Waals surface area (Å²) in [6.45, 7) is 3.59. The third kappa shape index (κ3) is 4.54. The van der Waals surface area contributed by atoms with Crippen molar-refractivity contribution >= 4 is 15.7 Å². The van der Waals surface area contributed by atoms with Gasteiger partial charge < -0.3 is 5.32 Å². The van der Waals surface area contributed by atoms with Crippen molar-refractivity contribution in [2.45, 2.75) is 25.8 Å². The van der Waals surface area contributed by atoms with E-state index in [1.165, 1.54) is 12.8 Å². The molecule has 5 nitrogen and oxygen atoms in total. The topological polar surface area (TPSA) is 66.5 Å². The normalized spacial score (nSPS) is 23.9. The summed E-state index contributed by atoms with van der Waals surface area (Å²) in [5, 5.41) is 2.88. The summed E-state index contributed by atoms with van der Waals surface area (Å²) in [6.07, 6.45) is 3.16. The summed E-state index contributed by atoms with van der Waals surface area (Å²) >= 11 is 0. The highest BCUT2D eigenvalue weighted by Crippen LogP contribution is 2.18. The zero-order chi connectivity index (χ0) is 16.3. The third-order valence-electron chi connectivity index (χ3n) is 4.67. The first-order valence-corrected chi connectivity index (χ1v) is 10.1. The van der Waals surface area contributed by atoms with Gasteiger partial charge in [0.1, 0.15) is 0 Å². The van der Waals surface area contributed by atoms with E-state index < -0.39 is 9.84 Å². The predicted octanol–water partition coefficient (Wildman–Crippen LogP) is 1.45. The number of nitrogens with one attached hydrogen (secondary N) is 1. The van der Waals surface area contributed by atoms with Crippen LogP contribution in [0.4, 0.5) is 0 Å². The second-order valence-corrected chi connectivity index (χ2v) is 8.89. The Bertz CT molecular complexity index is 666. The van der Waals surface area contributed by atoms with Crippen LogP contribution in [0, 0.1) is 5.92 Å². The number of carbonyl (C=O) groups excluding carboxylic acids is 1. The van der Waals surface area contributed by atoms with Crippen LogP contribution in [-0.2, 0) is 16.4 Å². The lowest BCUT2D eigenvalue weighted by molar-refractivity contribution is 0.0948. The number of likely N-dealkylation sites (tertiary alicyclic amines) is 1. The molecule has 0 unspecified atom stereocenters. The molecule has 3 rings (SSSR count). The van der Waals surface area contributed by atoms with Crippen molar-refractivity contribution in [2.24, 2.45) is 5.92 Å². The molecule has 2 saturated heterocycles. The summed E-state index contributed by atoms with van der Waals surface area (Å²) in [5.41, 5.74) is 1.81. The van der Waals surface area contributed by atoms with Gasteiger partial charge in [-0.25, -0.2) is 8.42 Å². The summed E-state index contributed by atoms with van der Waals surface area (Å²) in [5.74, 6) is 0.385. The van der Waals surface area contributed by atoms with E-state index in [1.54, 1.807) is 0 Å². The highest BCUT2D eigenvalue weighted by Gasteiger charge is 2.28. The zero-order valence-electron chi connectivity index (χ0n) is 13.3. The molecule has 0 saturated carbocycles. The van der Waals surface area contributed by atoms with Crippen LogP contribution < -0.4 is 5.32 Å². The number of amides is 1. The highest BCUT2D eigenvalue weighted by atomic mass is 32.2. The van der Waals surface area contributed by atoms with Crippen molar-refractivity contribution in [3.8, 4) is 0 Å². The van der Waals surface area contributed by atoms with E-state index in [4.69, 9.17) is 0 Å². The standard InChI is InChI=1S/C17H24N2O3S/c20-17(18-11-15-6-9-23(21,22)13-15)16-5-3-4-14(10-16)12-19-7-1-2-8-19/h3-5,10,15H,1-2,6-9,11-13H2,(H,18,20)/t15-/m1/s1. The number of benzene rings is 1. The van der Waals surface area contributed by atoms with E-state index in [9.17, 15) is 13.2 Å². The van der Waals surface area contributed by atoms with Crippen molar-refractivity contribution in [2.75, 3.05) is 31.1 Å². The largest absolute Gasteiger partial charge is 0.352 e. The highest BCUT2D eigenvalue weighted by molar-refractivity contribution is 7.91. The number of carbonyl (C=O) groups is 1. The van der Waals surface area contributed by atoms with E-state index in [1.807, 2.05) is 18.2 Å². The summed E-state index contributed by atoms with van der Waals surface area (Å²) in [7, 11) is -2.88. The van der Waals surface area contributed by atoms with Gasteiger partial charge in [-0.05, 0) is 56.0 Å². The molecule has 2 heterocycles. The molecule has 1 atom stereocenters. The first-order chi connectivity index (χ1) is 11.0. The van der Waals surface area contributed by atoms with Gasteiger partial charge in [-0.2, -0.15) is 0 Å². The fourth-order valence-corrected chi connectivity index (χ4v) is 5.24. The second kappa shape index (κ2) is 7.01. The van der Waals surface area contributed by atoms with Crippen molar-refractivity contribution < 1.29 is 13.2 Å². The average molecular weight is 336 g/mol. The Kier molecular flexibility index (Phi) is 5.02. The molecule has 0 spiro atoms. The Labute approximate surface area is 138 Å². The lowest BCUT2D eigenvalue weighted by Crippen LogP contribution is -2.30. The van der Waals surface area contributed by atoms with Crippen LogP contribution in [0.2, 0.25) is 0 Å². The van der Waals surface area contributed by atoms with Crippen molar-refractivity contribution in [3.63, 3.8) is 0 Å². The molecule has 2 fully saturated rings. The monoisotopic (exact) mass is 336 g/mol. The number of rotatable bonds is 5. The molecular formula is C17H24N2O3S. The Balaban J connectivity index is 1.54. The van der Waals surface area contributed by atoms with Crippen LogP contribution in [0.5, 0.6) is 0 Å². The summed E-state index contributed by atoms with van der Waals surface area (Å²) in [4.78, 5) is 14.7. The van der Waals surface area contributed by atoms with Crippen molar-refractivity contribution in [3.05, 3.63) is 35.4 Å². The van der Waals surface area contributed by atoms with Gasteiger partial charge in [0.05, 0.1) is 11.5 Å². The van der Waals surface area contributed by atoms with Crippen molar-refractivity contribution in [1.82, 2.24) is 10.2 Å². The average Bonchev–Trinajstić information content (AvgIpc) is 3.14. The molecule has 1 amide bonds. The zero-order valence-corrected chi connectivity index (χ0v) is 14.1. The Morgan fingerprint density at radius 3 is 2.74 bits per heavy atom. The van der Waals surface area contributed by atoms with Crippen LogP contribution >= 0.6 is 0 Å². The van der Waals surface area contributed by atoms with Crippen LogP contribution in [0.3, 0.4) is 0 Å².